The van der Waals surface area contributed by atoms with Gasteiger partial charge in [0.15, 0.2) is 6.10 Å². The third kappa shape index (κ3) is 5.09. The molecule has 1 aliphatic carbocycles. The van der Waals surface area contributed by atoms with E-state index >= 15 is 0 Å². The third-order valence-corrected chi connectivity index (χ3v) is 5.94. The highest BCUT2D eigenvalue weighted by molar-refractivity contribution is 7.16. The summed E-state index contributed by atoms with van der Waals surface area (Å²) >= 11 is 1.42. The van der Waals surface area contributed by atoms with Gasteiger partial charge in [-0.25, -0.2) is 9.18 Å². The second kappa shape index (κ2) is 9.48. The molecule has 0 fully saturated rings. The number of fused-ring (bicyclic) bond motifs is 1. The van der Waals surface area contributed by atoms with Crippen molar-refractivity contribution in [3.05, 3.63) is 57.7 Å². The monoisotopic (exact) mass is 412 g/mol. The van der Waals surface area contributed by atoms with Crippen LogP contribution in [0.15, 0.2) is 30.3 Å². The fourth-order valence-electron chi connectivity index (χ4n) is 3.20. The topological polar surface area (TPSA) is 79.2 Å². The molecule has 29 heavy (non-hydrogen) atoms. The average Bonchev–Trinajstić information content (AvgIpc) is 2.86. The molecule has 1 N–H and O–H groups in total. The van der Waals surface area contributed by atoms with Gasteiger partial charge in [-0.2, -0.15) is 5.26 Å². The Morgan fingerprint density at radius 1 is 1.28 bits per heavy atom. The predicted molar refractivity (Wildman–Crippen MR) is 110 cm³/mol. The first-order valence-corrected chi connectivity index (χ1v) is 10.3. The number of thiophene rings is 1. The van der Waals surface area contributed by atoms with Gasteiger partial charge in [0.05, 0.1) is 5.56 Å². The number of carbonyl (C=O) groups excluding carboxylic acids is 2. The van der Waals surface area contributed by atoms with E-state index in [-0.39, 0.29) is 5.56 Å². The number of amides is 1. The maximum absolute atomic E-state index is 13.6. The largest absolute Gasteiger partial charge is 0.449 e. The van der Waals surface area contributed by atoms with Crippen LogP contribution in [-0.2, 0) is 27.2 Å². The van der Waals surface area contributed by atoms with Crippen molar-refractivity contribution in [1.29, 1.82) is 5.26 Å². The van der Waals surface area contributed by atoms with Crippen molar-refractivity contribution in [2.24, 2.45) is 0 Å². The number of hydrogen-bond donors (Lipinski definition) is 1. The molecule has 1 amide bonds. The number of benzene rings is 1. The minimum atomic E-state index is -1.05. The summed E-state index contributed by atoms with van der Waals surface area (Å²) in [5.74, 6) is -1.72. The first-order valence-electron chi connectivity index (χ1n) is 9.48. The number of nitriles is 1. The summed E-state index contributed by atoms with van der Waals surface area (Å²) in [5.41, 5.74) is 1.79. The van der Waals surface area contributed by atoms with Crippen molar-refractivity contribution >= 4 is 34.3 Å². The number of halogens is 1. The van der Waals surface area contributed by atoms with E-state index in [0.29, 0.717) is 10.6 Å². The second-order valence-electron chi connectivity index (χ2n) is 6.80. The number of anilines is 1. The Morgan fingerprint density at radius 3 is 2.79 bits per heavy atom. The molecule has 2 aromatic rings. The van der Waals surface area contributed by atoms with Gasteiger partial charge in [0.1, 0.15) is 16.9 Å². The molecule has 1 aromatic carbocycles. The summed E-state index contributed by atoms with van der Waals surface area (Å²) in [4.78, 5) is 25.5. The van der Waals surface area contributed by atoms with Crippen molar-refractivity contribution in [1.82, 2.24) is 0 Å². The van der Waals surface area contributed by atoms with Crippen LogP contribution in [0.1, 0.15) is 47.8 Å². The van der Waals surface area contributed by atoms with Crippen molar-refractivity contribution in [2.45, 2.75) is 45.1 Å². The Morgan fingerprint density at radius 2 is 2.03 bits per heavy atom. The minimum absolute atomic E-state index is 0.250. The van der Waals surface area contributed by atoms with E-state index in [1.54, 1.807) is 12.1 Å². The van der Waals surface area contributed by atoms with E-state index in [2.05, 4.69) is 11.4 Å². The van der Waals surface area contributed by atoms with Crippen LogP contribution in [0, 0.1) is 17.1 Å². The van der Waals surface area contributed by atoms with Gasteiger partial charge >= 0.3 is 5.97 Å². The SMILES string of the molecule is C[C@@H](OC(=O)/C=C/c1ccccc1F)C(=O)Nc1sc2c(c1C#N)CCCCC2. The normalized spacial score (nSPS) is 14.5. The van der Waals surface area contributed by atoms with E-state index in [1.165, 1.54) is 36.5 Å². The average molecular weight is 412 g/mol. The third-order valence-electron chi connectivity index (χ3n) is 4.74. The molecule has 1 aromatic heterocycles. The van der Waals surface area contributed by atoms with E-state index in [1.807, 2.05) is 0 Å². The molecule has 5 nitrogen and oxygen atoms in total. The molecule has 0 radical (unpaired) electrons. The fraction of sp³-hybridized carbons (Fsp3) is 0.318. The molecule has 0 saturated carbocycles. The van der Waals surface area contributed by atoms with Gasteiger partial charge in [-0.05, 0) is 50.3 Å². The lowest BCUT2D eigenvalue weighted by Crippen LogP contribution is -2.29. The van der Waals surface area contributed by atoms with E-state index in [4.69, 9.17) is 4.74 Å². The molecule has 0 spiro atoms. The molecule has 150 valence electrons. The van der Waals surface area contributed by atoms with Crippen LogP contribution in [-0.4, -0.2) is 18.0 Å². The summed E-state index contributed by atoms with van der Waals surface area (Å²) < 4.78 is 18.7. The Bertz CT molecular complexity index is 990. The van der Waals surface area contributed by atoms with Crippen LogP contribution >= 0.6 is 11.3 Å². The number of ether oxygens (including phenoxy) is 1. The van der Waals surface area contributed by atoms with Crippen LogP contribution in [0.25, 0.3) is 6.08 Å². The highest BCUT2D eigenvalue weighted by Crippen LogP contribution is 2.37. The highest BCUT2D eigenvalue weighted by atomic mass is 32.1. The van der Waals surface area contributed by atoms with Gasteiger partial charge in [0.25, 0.3) is 5.91 Å². The number of nitrogens with zero attached hydrogens (tertiary/aromatic N) is 1. The van der Waals surface area contributed by atoms with Crippen molar-refractivity contribution in [3.8, 4) is 6.07 Å². The quantitative estimate of drug-likeness (QED) is 0.442. The lowest BCUT2D eigenvalue weighted by molar-refractivity contribution is -0.148. The number of rotatable bonds is 5. The summed E-state index contributed by atoms with van der Waals surface area (Å²) in [7, 11) is 0. The summed E-state index contributed by atoms with van der Waals surface area (Å²) in [6.45, 7) is 1.45. The Labute approximate surface area is 172 Å². The minimum Gasteiger partial charge on any atom is -0.449 e. The number of hydrogen-bond acceptors (Lipinski definition) is 5. The van der Waals surface area contributed by atoms with Gasteiger partial charge < -0.3 is 10.1 Å². The second-order valence-corrected chi connectivity index (χ2v) is 7.91. The number of aryl methyl sites for hydroxylation is 1. The summed E-state index contributed by atoms with van der Waals surface area (Å²) in [6, 6.07) is 8.22. The molecule has 0 aliphatic heterocycles. The predicted octanol–water partition coefficient (Wildman–Crippen LogP) is 4.61. The molecule has 1 aliphatic rings. The van der Waals surface area contributed by atoms with Crippen LogP contribution in [0.2, 0.25) is 0 Å². The molecular weight excluding hydrogens is 391 g/mol. The number of carbonyl (C=O) groups is 2. The zero-order valence-electron chi connectivity index (χ0n) is 16.0. The van der Waals surface area contributed by atoms with E-state index in [9.17, 15) is 19.2 Å². The van der Waals surface area contributed by atoms with Gasteiger partial charge in [-0.15, -0.1) is 11.3 Å². The first kappa shape index (κ1) is 20.7. The molecule has 3 rings (SSSR count). The van der Waals surface area contributed by atoms with Crippen molar-refractivity contribution in [2.75, 3.05) is 5.32 Å². The lowest BCUT2D eigenvalue weighted by Gasteiger charge is -2.11. The van der Waals surface area contributed by atoms with Crippen molar-refractivity contribution in [3.63, 3.8) is 0 Å². The molecule has 1 atom stereocenters. The molecule has 0 saturated heterocycles. The lowest BCUT2D eigenvalue weighted by atomic mass is 10.1. The van der Waals surface area contributed by atoms with E-state index < -0.39 is 23.8 Å². The molecule has 1 heterocycles. The van der Waals surface area contributed by atoms with Crippen molar-refractivity contribution < 1.29 is 18.7 Å². The first-order chi connectivity index (χ1) is 14.0. The molecule has 7 heteroatoms. The smallest absolute Gasteiger partial charge is 0.331 e. The maximum Gasteiger partial charge on any atom is 0.331 e. The summed E-state index contributed by atoms with van der Waals surface area (Å²) in [6.07, 6.45) is 6.33. The molecule has 0 unspecified atom stereocenters. The zero-order chi connectivity index (χ0) is 20.8. The van der Waals surface area contributed by atoms with Crippen LogP contribution in [0.4, 0.5) is 9.39 Å². The Hall–Kier alpha value is -2.98. The highest BCUT2D eigenvalue weighted by Gasteiger charge is 2.23. The molecule has 0 bridgehead atoms. The number of nitrogens with one attached hydrogen (secondary N) is 1. The zero-order valence-corrected chi connectivity index (χ0v) is 16.9. The summed E-state index contributed by atoms with van der Waals surface area (Å²) in [5, 5.41) is 12.8. The number of esters is 1. The van der Waals surface area contributed by atoms with Crippen LogP contribution in [0.5, 0.6) is 0 Å². The maximum atomic E-state index is 13.6. The van der Waals surface area contributed by atoms with E-state index in [0.717, 1.165) is 48.6 Å². The van der Waals surface area contributed by atoms with Gasteiger partial charge in [-0.1, -0.05) is 24.6 Å². The Balaban J connectivity index is 1.63. The van der Waals surface area contributed by atoms with Gasteiger partial charge in [0, 0.05) is 16.5 Å². The van der Waals surface area contributed by atoms with Crippen LogP contribution in [0.3, 0.4) is 0 Å². The van der Waals surface area contributed by atoms with Gasteiger partial charge in [-0.3, -0.25) is 4.79 Å². The fourth-order valence-corrected chi connectivity index (χ4v) is 4.44. The van der Waals surface area contributed by atoms with Crippen LogP contribution < -0.4 is 5.32 Å². The standard InChI is InChI=1S/C22H21FN2O3S/c1-14(28-20(26)12-11-15-7-5-6-9-18(15)23)21(27)25-22-17(13-24)16-8-3-2-4-10-19(16)29-22/h5-7,9,11-12,14H,2-4,8,10H2,1H3,(H,25,27)/b12-11+/t14-/m1/s1. The van der Waals surface area contributed by atoms with Gasteiger partial charge in [0.2, 0.25) is 0 Å². The molecular formula is C22H21FN2O3S. The Kier molecular flexibility index (Phi) is 6.78.